The average molecular weight is 289 g/mol. The van der Waals surface area contributed by atoms with Crippen LogP contribution in [0.3, 0.4) is 0 Å². The molecule has 1 heterocycles. The van der Waals surface area contributed by atoms with Gasteiger partial charge in [-0.05, 0) is 48.7 Å². The van der Waals surface area contributed by atoms with Gasteiger partial charge in [0.25, 0.3) is 0 Å². The minimum Gasteiger partial charge on any atom is -0.488 e. The summed E-state index contributed by atoms with van der Waals surface area (Å²) in [6.07, 6.45) is 0. The Morgan fingerprint density at radius 3 is 2.63 bits per heavy atom. The van der Waals surface area contributed by atoms with E-state index in [4.69, 9.17) is 16.3 Å². The molecule has 0 N–H and O–H groups in total. The van der Waals surface area contributed by atoms with Crippen molar-refractivity contribution in [2.75, 3.05) is 0 Å². The van der Waals surface area contributed by atoms with Crippen LogP contribution in [0.25, 0.3) is 10.1 Å². The molecule has 0 aliphatic heterocycles. The van der Waals surface area contributed by atoms with Crippen molar-refractivity contribution in [3.63, 3.8) is 0 Å². The number of halogens is 1. The van der Waals surface area contributed by atoms with E-state index in [1.54, 1.807) is 11.3 Å². The molecule has 96 valence electrons. The van der Waals surface area contributed by atoms with Crippen LogP contribution in [0.2, 0.25) is 5.02 Å². The number of ether oxygens (including phenoxy) is 1. The lowest BCUT2D eigenvalue weighted by Gasteiger charge is -2.03. The topological polar surface area (TPSA) is 9.23 Å². The summed E-state index contributed by atoms with van der Waals surface area (Å²) in [6.45, 7) is 2.71. The minimum atomic E-state index is 0.597. The highest BCUT2D eigenvalue weighted by Gasteiger charge is 2.03. The zero-order chi connectivity index (χ0) is 13.2. The van der Waals surface area contributed by atoms with Gasteiger partial charge in [-0.25, -0.2) is 0 Å². The molecule has 0 aliphatic carbocycles. The van der Waals surface area contributed by atoms with Crippen molar-refractivity contribution in [3.8, 4) is 5.75 Å². The molecule has 3 aromatic rings. The summed E-state index contributed by atoms with van der Waals surface area (Å²) in [6, 6.07) is 16.2. The molecule has 0 aliphatic rings. The lowest BCUT2D eigenvalue weighted by molar-refractivity contribution is 0.310. The Kier molecular flexibility index (Phi) is 3.45. The second-order valence-corrected chi connectivity index (χ2v) is 6.10. The van der Waals surface area contributed by atoms with Crippen molar-refractivity contribution in [2.45, 2.75) is 13.5 Å². The monoisotopic (exact) mass is 288 g/mol. The fourth-order valence-electron chi connectivity index (χ4n) is 1.97. The second kappa shape index (κ2) is 5.24. The smallest absolute Gasteiger partial charge is 0.122 e. The molecule has 3 heteroatoms. The first-order valence-corrected chi connectivity index (χ1v) is 7.27. The van der Waals surface area contributed by atoms with E-state index in [-0.39, 0.29) is 0 Å². The maximum absolute atomic E-state index is 5.84. The lowest BCUT2D eigenvalue weighted by Crippen LogP contribution is -1.91. The molecule has 0 bridgehead atoms. The van der Waals surface area contributed by atoms with Crippen LogP contribution in [0.4, 0.5) is 0 Å². The average Bonchev–Trinajstić information content (AvgIpc) is 2.80. The van der Waals surface area contributed by atoms with Crippen LogP contribution in [0, 0.1) is 6.92 Å². The van der Waals surface area contributed by atoms with Gasteiger partial charge in [0.2, 0.25) is 0 Å². The van der Waals surface area contributed by atoms with Crippen molar-refractivity contribution >= 4 is 33.0 Å². The first kappa shape index (κ1) is 12.5. The fraction of sp³-hybridized carbons (Fsp3) is 0.125. The van der Waals surface area contributed by atoms with E-state index in [9.17, 15) is 0 Å². The Bertz CT molecular complexity index is 700. The Morgan fingerprint density at radius 2 is 1.84 bits per heavy atom. The van der Waals surface area contributed by atoms with Gasteiger partial charge >= 0.3 is 0 Å². The highest BCUT2D eigenvalue weighted by Crippen LogP contribution is 2.27. The number of hydrogen-bond donors (Lipinski definition) is 0. The molecule has 0 saturated heterocycles. The summed E-state index contributed by atoms with van der Waals surface area (Å²) in [5, 5.41) is 2.02. The maximum Gasteiger partial charge on any atom is 0.122 e. The molecule has 0 fully saturated rings. The van der Waals surface area contributed by atoms with E-state index in [0.29, 0.717) is 6.61 Å². The molecular formula is C16H13ClOS. The largest absolute Gasteiger partial charge is 0.488 e. The Morgan fingerprint density at radius 1 is 1.05 bits per heavy atom. The highest BCUT2D eigenvalue weighted by atomic mass is 35.5. The van der Waals surface area contributed by atoms with E-state index in [2.05, 4.69) is 31.2 Å². The van der Waals surface area contributed by atoms with E-state index < -0.39 is 0 Å². The number of fused-ring (bicyclic) bond motifs is 1. The third-order valence-corrected chi connectivity index (χ3v) is 4.26. The van der Waals surface area contributed by atoms with Crippen molar-refractivity contribution in [1.29, 1.82) is 0 Å². The third kappa shape index (κ3) is 2.91. The molecular weight excluding hydrogens is 276 g/mol. The molecule has 2 aromatic carbocycles. The van der Waals surface area contributed by atoms with E-state index in [1.165, 1.54) is 20.5 Å². The SMILES string of the molecule is Cc1ccc2sc(COc3ccc(Cl)cc3)cc2c1. The first-order chi connectivity index (χ1) is 9.20. The number of hydrogen-bond acceptors (Lipinski definition) is 2. The standard InChI is InChI=1S/C16H13ClOS/c1-11-2-7-16-12(8-11)9-15(19-16)10-18-14-5-3-13(17)4-6-14/h2-9H,10H2,1H3. The molecule has 0 radical (unpaired) electrons. The number of aryl methyl sites for hydroxylation is 1. The van der Waals surface area contributed by atoms with Gasteiger partial charge in [0.05, 0.1) is 0 Å². The molecule has 0 atom stereocenters. The summed E-state index contributed by atoms with van der Waals surface area (Å²) in [7, 11) is 0. The van der Waals surface area contributed by atoms with Gasteiger partial charge in [-0.3, -0.25) is 0 Å². The summed E-state index contributed by atoms with van der Waals surface area (Å²) < 4.78 is 7.06. The van der Waals surface area contributed by atoms with Crippen molar-refractivity contribution in [1.82, 2.24) is 0 Å². The normalized spacial score (nSPS) is 10.8. The summed E-state index contributed by atoms with van der Waals surface area (Å²) >= 11 is 7.62. The van der Waals surface area contributed by atoms with Crippen molar-refractivity contribution in [2.24, 2.45) is 0 Å². The molecule has 0 spiro atoms. The summed E-state index contributed by atoms with van der Waals surface area (Å²) in [5.41, 5.74) is 1.29. The highest BCUT2D eigenvalue weighted by molar-refractivity contribution is 7.19. The molecule has 1 nitrogen and oxygen atoms in total. The molecule has 3 rings (SSSR count). The molecule has 19 heavy (non-hydrogen) atoms. The Hall–Kier alpha value is -1.51. The van der Waals surface area contributed by atoms with Crippen molar-refractivity contribution < 1.29 is 4.74 Å². The van der Waals surface area contributed by atoms with Gasteiger partial charge in [-0.1, -0.05) is 29.3 Å². The number of thiophene rings is 1. The van der Waals surface area contributed by atoms with Crippen molar-refractivity contribution in [3.05, 3.63) is 64.0 Å². The quantitative estimate of drug-likeness (QED) is 0.623. The van der Waals surface area contributed by atoms with Gasteiger partial charge in [0.1, 0.15) is 12.4 Å². The van der Waals surface area contributed by atoms with E-state index >= 15 is 0 Å². The zero-order valence-corrected chi connectivity index (χ0v) is 12.1. The van der Waals surface area contributed by atoms with Crippen LogP contribution in [0.1, 0.15) is 10.4 Å². The first-order valence-electron chi connectivity index (χ1n) is 6.08. The minimum absolute atomic E-state index is 0.597. The lowest BCUT2D eigenvalue weighted by atomic mass is 10.2. The maximum atomic E-state index is 5.84. The van der Waals surface area contributed by atoms with Gasteiger partial charge in [0.15, 0.2) is 0 Å². The molecule has 0 saturated carbocycles. The van der Waals surface area contributed by atoms with Crippen LogP contribution in [0.5, 0.6) is 5.75 Å². The van der Waals surface area contributed by atoms with E-state index in [1.807, 2.05) is 24.3 Å². The summed E-state index contributed by atoms with van der Waals surface area (Å²) in [5.74, 6) is 0.845. The predicted molar refractivity (Wildman–Crippen MR) is 82.3 cm³/mol. The molecule has 0 unspecified atom stereocenters. The van der Waals surface area contributed by atoms with Crippen LogP contribution < -0.4 is 4.74 Å². The Labute approximate surface area is 121 Å². The van der Waals surface area contributed by atoms with Crippen LogP contribution in [0.15, 0.2) is 48.5 Å². The fourth-order valence-corrected chi connectivity index (χ4v) is 3.06. The van der Waals surface area contributed by atoms with Crippen LogP contribution in [-0.4, -0.2) is 0 Å². The van der Waals surface area contributed by atoms with Crippen LogP contribution in [-0.2, 0) is 6.61 Å². The zero-order valence-electron chi connectivity index (χ0n) is 10.5. The third-order valence-electron chi connectivity index (χ3n) is 2.92. The summed E-state index contributed by atoms with van der Waals surface area (Å²) in [4.78, 5) is 1.23. The Balaban J connectivity index is 1.76. The van der Waals surface area contributed by atoms with Gasteiger partial charge in [-0.2, -0.15) is 0 Å². The molecule has 1 aromatic heterocycles. The second-order valence-electron chi connectivity index (χ2n) is 4.50. The number of rotatable bonds is 3. The predicted octanol–water partition coefficient (Wildman–Crippen LogP) is 5.44. The van der Waals surface area contributed by atoms with Gasteiger partial charge in [-0.15, -0.1) is 11.3 Å². The van der Waals surface area contributed by atoms with E-state index in [0.717, 1.165) is 10.8 Å². The number of benzene rings is 2. The van der Waals surface area contributed by atoms with Crippen LogP contribution >= 0.6 is 22.9 Å². The van der Waals surface area contributed by atoms with Gasteiger partial charge in [0, 0.05) is 14.6 Å². The van der Waals surface area contributed by atoms with Gasteiger partial charge < -0.3 is 4.74 Å². The molecule has 0 amide bonds.